The number of carbonyl (C=O) groups is 1. The van der Waals surface area contributed by atoms with Crippen LogP contribution in [0.3, 0.4) is 0 Å². The van der Waals surface area contributed by atoms with Gasteiger partial charge in [-0.3, -0.25) is 9.89 Å². The quantitative estimate of drug-likeness (QED) is 0.380. The van der Waals surface area contributed by atoms with E-state index in [1.807, 2.05) is 43.3 Å². The van der Waals surface area contributed by atoms with E-state index < -0.39 is 0 Å². The molecule has 2 heterocycles. The number of benzene rings is 3. The fourth-order valence-electron chi connectivity index (χ4n) is 3.85. The summed E-state index contributed by atoms with van der Waals surface area (Å²) in [5.41, 5.74) is 3.95. The first-order valence-corrected chi connectivity index (χ1v) is 10.0. The van der Waals surface area contributed by atoms with Crippen LogP contribution in [0, 0.1) is 0 Å². The van der Waals surface area contributed by atoms with Gasteiger partial charge in [-0.05, 0) is 59.7 Å². The number of anilines is 1. The zero-order valence-electron chi connectivity index (χ0n) is 16.2. The Kier molecular flexibility index (Phi) is 4.44. The molecule has 1 aliphatic heterocycles. The highest BCUT2D eigenvalue weighted by atomic mass is 32.1. The lowest BCUT2D eigenvalue weighted by molar-refractivity contribution is -0.113. The summed E-state index contributed by atoms with van der Waals surface area (Å²) >= 11 is 5.37. The number of H-pyrrole nitrogens is 1. The molecule has 3 aromatic carbocycles. The van der Waals surface area contributed by atoms with E-state index in [9.17, 15) is 4.79 Å². The van der Waals surface area contributed by atoms with Crippen molar-refractivity contribution in [3.63, 3.8) is 0 Å². The third kappa shape index (κ3) is 3.29. The van der Waals surface area contributed by atoms with Crippen LogP contribution in [0.15, 0.2) is 78.1 Å². The molecule has 0 spiro atoms. The van der Waals surface area contributed by atoms with Gasteiger partial charge in [0, 0.05) is 16.8 Å². The number of amides is 1. The summed E-state index contributed by atoms with van der Waals surface area (Å²) in [5, 5.41) is 20.0. The first-order valence-electron chi connectivity index (χ1n) is 9.60. The molecule has 148 valence electrons. The molecule has 0 bridgehead atoms. The molecule has 7 heteroatoms. The Bertz CT molecular complexity index is 1340. The number of carbonyl (C=O) groups excluding carboxylic acids is 1. The predicted molar refractivity (Wildman–Crippen MR) is 123 cm³/mol. The number of thiocarbonyl (C=S) groups is 1. The molecular weight excluding hydrogens is 394 g/mol. The van der Waals surface area contributed by atoms with Crippen LogP contribution in [0.25, 0.3) is 21.7 Å². The summed E-state index contributed by atoms with van der Waals surface area (Å²) < 4.78 is 0. The topological polar surface area (TPSA) is 81.8 Å². The molecule has 1 aromatic heterocycles. The lowest BCUT2D eigenvalue weighted by Crippen LogP contribution is -2.45. The third-order valence-electron chi connectivity index (χ3n) is 5.32. The van der Waals surface area contributed by atoms with Crippen LogP contribution in [-0.2, 0) is 4.79 Å². The van der Waals surface area contributed by atoms with Gasteiger partial charge in [-0.1, -0.05) is 36.4 Å². The van der Waals surface area contributed by atoms with Gasteiger partial charge in [-0.15, -0.1) is 0 Å². The second-order valence-electron chi connectivity index (χ2n) is 7.30. The first-order chi connectivity index (χ1) is 14.6. The maximum atomic E-state index is 13.3. The van der Waals surface area contributed by atoms with Crippen molar-refractivity contribution in [2.24, 2.45) is 0 Å². The minimum Gasteiger partial charge on any atom is -0.351 e. The van der Waals surface area contributed by atoms with Crippen molar-refractivity contribution in [1.82, 2.24) is 20.8 Å². The summed E-state index contributed by atoms with van der Waals surface area (Å²) in [4.78, 5) is 13.3. The van der Waals surface area contributed by atoms with Crippen LogP contribution in [-0.4, -0.2) is 21.2 Å². The smallest absolute Gasteiger partial charge is 0.255 e. The zero-order valence-corrected chi connectivity index (χ0v) is 17.0. The van der Waals surface area contributed by atoms with Crippen LogP contribution in [0.1, 0.15) is 18.5 Å². The average molecular weight is 414 g/mol. The normalized spacial score (nSPS) is 16.4. The molecule has 1 unspecified atom stereocenters. The maximum Gasteiger partial charge on any atom is 0.255 e. The Labute approximate surface area is 178 Å². The highest BCUT2D eigenvalue weighted by Crippen LogP contribution is 2.30. The van der Waals surface area contributed by atoms with E-state index in [0.29, 0.717) is 16.4 Å². The molecule has 0 saturated carbocycles. The van der Waals surface area contributed by atoms with Gasteiger partial charge in [0.2, 0.25) is 0 Å². The molecule has 0 radical (unpaired) electrons. The van der Waals surface area contributed by atoms with Crippen LogP contribution in [0.5, 0.6) is 0 Å². The van der Waals surface area contributed by atoms with Gasteiger partial charge in [0.05, 0.1) is 23.3 Å². The summed E-state index contributed by atoms with van der Waals surface area (Å²) in [6, 6.07) is 19.6. The number of aromatic nitrogens is 2. The van der Waals surface area contributed by atoms with E-state index >= 15 is 0 Å². The second-order valence-corrected chi connectivity index (χ2v) is 7.71. The summed E-state index contributed by atoms with van der Waals surface area (Å²) in [6.07, 6.45) is 1.73. The van der Waals surface area contributed by atoms with E-state index in [-0.39, 0.29) is 11.9 Å². The molecular formula is C23H19N5OS. The SMILES string of the molecule is CC1=C(C(=O)Nc2ccc3[nH]ncc3c2)C(c2ccc3ccccc3c2)NC(=S)N1. The molecule has 0 aliphatic carbocycles. The van der Waals surface area contributed by atoms with E-state index in [0.717, 1.165) is 32.9 Å². The van der Waals surface area contributed by atoms with Crippen molar-refractivity contribution < 1.29 is 4.79 Å². The molecule has 4 aromatic rings. The number of hydrogen-bond donors (Lipinski definition) is 4. The van der Waals surface area contributed by atoms with Crippen LogP contribution < -0.4 is 16.0 Å². The Morgan fingerprint density at radius 2 is 1.87 bits per heavy atom. The van der Waals surface area contributed by atoms with Gasteiger partial charge in [0.1, 0.15) is 0 Å². The fraction of sp³-hybridized carbons (Fsp3) is 0.0870. The zero-order chi connectivity index (χ0) is 20.7. The van der Waals surface area contributed by atoms with E-state index in [4.69, 9.17) is 12.2 Å². The Hall–Kier alpha value is -3.71. The lowest BCUT2D eigenvalue weighted by atomic mass is 9.93. The van der Waals surface area contributed by atoms with Crippen molar-refractivity contribution in [2.45, 2.75) is 13.0 Å². The van der Waals surface area contributed by atoms with Crippen molar-refractivity contribution in [1.29, 1.82) is 0 Å². The number of rotatable bonds is 3. The minimum atomic E-state index is -0.346. The second kappa shape index (κ2) is 7.27. The van der Waals surface area contributed by atoms with Gasteiger partial charge < -0.3 is 16.0 Å². The fourth-order valence-corrected chi connectivity index (χ4v) is 4.12. The molecule has 1 atom stereocenters. The maximum absolute atomic E-state index is 13.3. The highest BCUT2D eigenvalue weighted by Gasteiger charge is 2.30. The van der Waals surface area contributed by atoms with Crippen LogP contribution in [0.4, 0.5) is 5.69 Å². The summed E-state index contributed by atoms with van der Waals surface area (Å²) in [5.74, 6) is -0.184. The monoisotopic (exact) mass is 413 g/mol. The van der Waals surface area contributed by atoms with Crippen molar-refractivity contribution in [3.8, 4) is 0 Å². The van der Waals surface area contributed by atoms with Gasteiger partial charge >= 0.3 is 0 Å². The van der Waals surface area contributed by atoms with E-state index in [1.54, 1.807) is 6.20 Å². The van der Waals surface area contributed by atoms with Gasteiger partial charge in [0.15, 0.2) is 5.11 Å². The number of aromatic amines is 1. The van der Waals surface area contributed by atoms with Crippen molar-refractivity contribution in [3.05, 3.63) is 83.7 Å². The van der Waals surface area contributed by atoms with Crippen molar-refractivity contribution in [2.75, 3.05) is 5.32 Å². The van der Waals surface area contributed by atoms with Crippen LogP contribution >= 0.6 is 12.2 Å². The van der Waals surface area contributed by atoms with E-state index in [1.165, 1.54) is 0 Å². The molecule has 4 N–H and O–H groups in total. The van der Waals surface area contributed by atoms with Gasteiger partial charge in [-0.2, -0.15) is 5.10 Å². The molecule has 5 rings (SSSR count). The number of hydrogen-bond acceptors (Lipinski definition) is 3. The molecule has 1 aliphatic rings. The molecule has 6 nitrogen and oxygen atoms in total. The molecule has 0 fully saturated rings. The Balaban J connectivity index is 1.51. The van der Waals surface area contributed by atoms with Gasteiger partial charge in [0.25, 0.3) is 5.91 Å². The first kappa shape index (κ1) is 18.3. The lowest BCUT2D eigenvalue weighted by Gasteiger charge is -2.30. The Morgan fingerprint density at radius 3 is 2.73 bits per heavy atom. The van der Waals surface area contributed by atoms with E-state index in [2.05, 4.69) is 50.4 Å². The van der Waals surface area contributed by atoms with Crippen molar-refractivity contribution >= 4 is 50.6 Å². The summed E-state index contributed by atoms with van der Waals surface area (Å²) in [7, 11) is 0. The predicted octanol–water partition coefficient (Wildman–Crippen LogP) is 4.15. The Morgan fingerprint density at radius 1 is 1.03 bits per heavy atom. The number of nitrogens with zero attached hydrogens (tertiary/aromatic N) is 1. The molecule has 0 saturated heterocycles. The molecule has 30 heavy (non-hydrogen) atoms. The van der Waals surface area contributed by atoms with Crippen LogP contribution in [0.2, 0.25) is 0 Å². The summed E-state index contributed by atoms with van der Waals surface area (Å²) in [6.45, 7) is 1.87. The standard InChI is InChI=1S/C23H19N5OS/c1-13-20(22(29)26-18-8-9-19-17(11-18)12-24-28-19)21(27-23(30)25-13)16-7-6-14-4-2-3-5-15(14)10-16/h2-12,21H,1H3,(H,24,28)(H,26,29)(H2,25,27,30). The molecule has 1 amide bonds. The number of fused-ring (bicyclic) bond motifs is 2. The third-order valence-corrected chi connectivity index (χ3v) is 5.54. The largest absolute Gasteiger partial charge is 0.351 e. The minimum absolute atomic E-state index is 0.184. The highest BCUT2D eigenvalue weighted by molar-refractivity contribution is 7.80. The average Bonchev–Trinajstić information content (AvgIpc) is 3.20. The van der Waals surface area contributed by atoms with Gasteiger partial charge in [-0.25, -0.2) is 0 Å². The number of allylic oxidation sites excluding steroid dienone is 1. The number of nitrogens with one attached hydrogen (secondary N) is 4.